The first-order chi connectivity index (χ1) is 9.62. The fourth-order valence-electron chi connectivity index (χ4n) is 1.74. The van der Waals surface area contributed by atoms with E-state index < -0.39 is 5.82 Å². The van der Waals surface area contributed by atoms with Crippen LogP contribution in [0.1, 0.15) is 19.4 Å². The lowest BCUT2D eigenvalue weighted by atomic mass is 10.2. The van der Waals surface area contributed by atoms with Gasteiger partial charge in [0, 0.05) is 19.6 Å². The van der Waals surface area contributed by atoms with E-state index in [-0.39, 0.29) is 31.5 Å². The van der Waals surface area contributed by atoms with Crippen molar-refractivity contribution in [2.75, 3.05) is 26.3 Å². The van der Waals surface area contributed by atoms with E-state index in [0.29, 0.717) is 18.7 Å². The number of hydrogen-bond acceptors (Lipinski definition) is 3. The molecule has 112 valence electrons. The quantitative estimate of drug-likeness (QED) is 0.802. The number of nitrogens with zero attached hydrogens (tertiary/aromatic N) is 1. The summed E-state index contributed by atoms with van der Waals surface area (Å²) in [6, 6.07) is 4.31. The van der Waals surface area contributed by atoms with Crippen LogP contribution in [-0.4, -0.2) is 42.3 Å². The summed E-state index contributed by atoms with van der Waals surface area (Å²) in [5.41, 5.74) is 0.652. The number of hydrogen-bond donors (Lipinski definition) is 2. The number of urea groups is 1. The number of rotatable bonds is 7. The predicted molar refractivity (Wildman–Crippen MR) is 74.1 cm³/mol. The van der Waals surface area contributed by atoms with Gasteiger partial charge in [0.25, 0.3) is 0 Å². The Morgan fingerprint density at radius 2 is 2.20 bits per heavy atom. The highest BCUT2D eigenvalue weighted by Crippen LogP contribution is 2.18. The van der Waals surface area contributed by atoms with Crippen LogP contribution in [0, 0.1) is 5.82 Å². The number of aliphatic hydroxyl groups excluding tert-OH is 1. The van der Waals surface area contributed by atoms with Gasteiger partial charge < -0.3 is 20.1 Å². The third kappa shape index (κ3) is 4.70. The van der Waals surface area contributed by atoms with Crippen LogP contribution in [0.5, 0.6) is 5.75 Å². The van der Waals surface area contributed by atoms with Crippen molar-refractivity contribution in [3.63, 3.8) is 0 Å². The second-order valence-corrected chi connectivity index (χ2v) is 4.16. The van der Waals surface area contributed by atoms with Crippen molar-refractivity contribution in [3.05, 3.63) is 29.6 Å². The number of aliphatic hydroxyl groups is 1. The Morgan fingerprint density at radius 3 is 2.75 bits per heavy atom. The van der Waals surface area contributed by atoms with E-state index >= 15 is 0 Å². The largest absolute Gasteiger partial charge is 0.491 e. The van der Waals surface area contributed by atoms with Gasteiger partial charge in [0.2, 0.25) is 0 Å². The van der Waals surface area contributed by atoms with Crippen molar-refractivity contribution in [2.45, 2.75) is 20.4 Å². The minimum Gasteiger partial charge on any atom is -0.491 e. The lowest BCUT2D eigenvalue weighted by Gasteiger charge is -2.20. The molecule has 0 saturated heterocycles. The van der Waals surface area contributed by atoms with E-state index in [9.17, 15) is 9.18 Å². The average molecular weight is 284 g/mol. The summed E-state index contributed by atoms with van der Waals surface area (Å²) < 4.78 is 18.7. The summed E-state index contributed by atoms with van der Waals surface area (Å²) in [6.45, 7) is 4.94. The molecule has 5 nitrogen and oxygen atoms in total. The third-order valence-electron chi connectivity index (χ3n) is 2.78. The zero-order valence-corrected chi connectivity index (χ0v) is 11.9. The molecule has 0 heterocycles. The predicted octanol–water partition coefficient (Wildman–Crippen LogP) is 1.75. The summed E-state index contributed by atoms with van der Waals surface area (Å²) in [6.07, 6.45) is 0. The molecule has 2 amide bonds. The molecule has 20 heavy (non-hydrogen) atoms. The van der Waals surface area contributed by atoms with Crippen molar-refractivity contribution < 1.29 is 19.0 Å². The van der Waals surface area contributed by atoms with Crippen molar-refractivity contribution in [2.24, 2.45) is 0 Å². The van der Waals surface area contributed by atoms with Crippen LogP contribution < -0.4 is 10.1 Å². The first-order valence-electron chi connectivity index (χ1n) is 6.67. The SMILES string of the molecule is CCOc1ccc(CNC(=O)N(CC)CCO)cc1F. The minimum atomic E-state index is -0.443. The van der Waals surface area contributed by atoms with E-state index in [0.717, 1.165) is 0 Å². The number of halogens is 1. The number of amides is 2. The maximum Gasteiger partial charge on any atom is 0.317 e. The molecule has 0 unspecified atom stereocenters. The molecular formula is C14H21FN2O3. The van der Waals surface area contributed by atoms with Crippen LogP contribution in [0.25, 0.3) is 0 Å². The van der Waals surface area contributed by atoms with Crippen LogP contribution in [0.3, 0.4) is 0 Å². The number of benzene rings is 1. The monoisotopic (exact) mass is 284 g/mol. The van der Waals surface area contributed by atoms with Crippen molar-refractivity contribution in [3.8, 4) is 5.75 Å². The topological polar surface area (TPSA) is 61.8 Å². The minimum absolute atomic E-state index is 0.0844. The van der Waals surface area contributed by atoms with Gasteiger partial charge in [0.1, 0.15) is 0 Å². The lowest BCUT2D eigenvalue weighted by molar-refractivity contribution is 0.180. The second kappa shape index (κ2) is 8.37. The molecule has 0 atom stereocenters. The highest BCUT2D eigenvalue weighted by molar-refractivity contribution is 5.74. The summed E-state index contributed by atoms with van der Waals surface area (Å²) >= 11 is 0. The van der Waals surface area contributed by atoms with E-state index in [1.54, 1.807) is 19.1 Å². The first-order valence-corrected chi connectivity index (χ1v) is 6.67. The van der Waals surface area contributed by atoms with Crippen LogP contribution in [0.2, 0.25) is 0 Å². The maximum atomic E-state index is 13.6. The number of likely N-dealkylation sites (N-methyl/N-ethyl adjacent to an activating group) is 1. The van der Waals surface area contributed by atoms with E-state index in [1.165, 1.54) is 11.0 Å². The lowest BCUT2D eigenvalue weighted by Crippen LogP contribution is -2.41. The van der Waals surface area contributed by atoms with Crippen LogP contribution in [-0.2, 0) is 6.54 Å². The van der Waals surface area contributed by atoms with Gasteiger partial charge in [-0.25, -0.2) is 9.18 Å². The Kier molecular flexibility index (Phi) is 6.79. The second-order valence-electron chi connectivity index (χ2n) is 4.16. The van der Waals surface area contributed by atoms with Gasteiger partial charge in [0.05, 0.1) is 13.2 Å². The Labute approximate surface area is 118 Å². The molecule has 1 aromatic rings. The molecule has 0 spiro atoms. The Bertz CT molecular complexity index is 440. The fourth-order valence-corrected chi connectivity index (χ4v) is 1.74. The molecule has 1 rings (SSSR count). The van der Waals surface area contributed by atoms with Crippen LogP contribution in [0.15, 0.2) is 18.2 Å². The smallest absolute Gasteiger partial charge is 0.317 e. The zero-order chi connectivity index (χ0) is 15.0. The first kappa shape index (κ1) is 16.2. The summed E-state index contributed by atoms with van der Waals surface area (Å²) in [5, 5.41) is 11.5. The molecule has 0 radical (unpaired) electrons. The molecule has 0 aromatic heterocycles. The molecule has 0 bridgehead atoms. The number of ether oxygens (including phenoxy) is 1. The molecular weight excluding hydrogens is 263 g/mol. The van der Waals surface area contributed by atoms with Gasteiger partial charge >= 0.3 is 6.03 Å². The summed E-state index contributed by atoms with van der Waals surface area (Å²) in [4.78, 5) is 13.3. The van der Waals surface area contributed by atoms with Crippen molar-refractivity contribution in [1.82, 2.24) is 10.2 Å². The Morgan fingerprint density at radius 1 is 1.45 bits per heavy atom. The van der Waals surface area contributed by atoms with Gasteiger partial charge in [-0.15, -0.1) is 0 Å². The fraction of sp³-hybridized carbons (Fsp3) is 0.500. The van der Waals surface area contributed by atoms with Crippen molar-refractivity contribution >= 4 is 6.03 Å². The molecule has 0 aliphatic carbocycles. The number of carbonyl (C=O) groups excluding carboxylic acids is 1. The van der Waals surface area contributed by atoms with Gasteiger partial charge in [-0.1, -0.05) is 6.07 Å². The average Bonchev–Trinajstić information content (AvgIpc) is 2.45. The highest BCUT2D eigenvalue weighted by atomic mass is 19.1. The molecule has 0 aliphatic rings. The van der Waals surface area contributed by atoms with Crippen LogP contribution >= 0.6 is 0 Å². The molecule has 1 aromatic carbocycles. The standard InChI is InChI=1S/C14H21FN2O3/c1-3-17(7-8-18)14(19)16-10-11-5-6-13(20-4-2)12(15)9-11/h5-6,9,18H,3-4,7-8,10H2,1-2H3,(H,16,19). The van der Waals surface area contributed by atoms with Gasteiger partial charge in [-0.2, -0.15) is 0 Å². The van der Waals surface area contributed by atoms with E-state index in [1.807, 2.05) is 6.92 Å². The molecule has 0 fully saturated rings. The number of carbonyl (C=O) groups is 1. The molecule has 0 aliphatic heterocycles. The maximum absolute atomic E-state index is 13.6. The van der Waals surface area contributed by atoms with E-state index in [4.69, 9.17) is 9.84 Å². The van der Waals surface area contributed by atoms with E-state index in [2.05, 4.69) is 5.32 Å². The van der Waals surface area contributed by atoms with Crippen molar-refractivity contribution in [1.29, 1.82) is 0 Å². The zero-order valence-electron chi connectivity index (χ0n) is 11.9. The summed E-state index contributed by atoms with van der Waals surface area (Å²) in [7, 11) is 0. The van der Waals surface area contributed by atoms with Crippen LogP contribution in [0.4, 0.5) is 9.18 Å². The molecule has 0 saturated carbocycles. The summed E-state index contributed by atoms with van der Waals surface area (Å²) in [5.74, 6) is -0.237. The van der Waals surface area contributed by atoms with Gasteiger partial charge in [0.15, 0.2) is 11.6 Å². The molecule has 2 N–H and O–H groups in total. The van der Waals surface area contributed by atoms with Gasteiger partial charge in [-0.3, -0.25) is 0 Å². The Balaban J connectivity index is 2.57. The third-order valence-corrected chi connectivity index (χ3v) is 2.78. The van der Waals surface area contributed by atoms with Gasteiger partial charge in [-0.05, 0) is 31.5 Å². The number of nitrogens with one attached hydrogen (secondary N) is 1. The highest BCUT2D eigenvalue weighted by Gasteiger charge is 2.10. The normalized spacial score (nSPS) is 10.2. The Hall–Kier alpha value is -1.82. The molecule has 6 heteroatoms.